The third-order valence-corrected chi connectivity index (χ3v) is 4.95. The second-order valence-electron chi connectivity index (χ2n) is 6.71. The number of hydrogen-bond acceptors (Lipinski definition) is 4. The molecule has 1 aromatic carbocycles. The largest absolute Gasteiger partial charge is 0.337 e. The van der Waals surface area contributed by atoms with E-state index < -0.39 is 0 Å². The molecule has 0 N–H and O–H groups in total. The molecule has 122 valence electrons. The van der Waals surface area contributed by atoms with Crippen LogP contribution in [0.15, 0.2) is 36.8 Å². The number of hydrogen-bond donors (Lipinski definition) is 0. The third kappa shape index (κ3) is 2.28. The summed E-state index contributed by atoms with van der Waals surface area (Å²) in [6.45, 7) is 1.75. The van der Waals surface area contributed by atoms with Gasteiger partial charge in [0.15, 0.2) is 0 Å². The smallest absolute Gasteiger partial charge is 0.242 e. The normalized spacial score (nSPS) is 18.1. The van der Waals surface area contributed by atoms with Gasteiger partial charge in [0.1, 0.15) is 6.54 Å². The Kier molecular flexibility index (Phi) is 2.95. The van der Waals surface area contributed by atoms with Crippen LogP contribution in [0.3, 0.4) is 0 Å². The lowest BCUT2D eigenvalue weighted by molar-refractivity contribution is -0.137. The van der Waals surface area contributed by atoms with Crippen LogP contribution >= 0.6 is 0 Å². The zero-order valence-corrected chi connectivity index (χ0v) is 13.2. The molecule has 7 heteroatoms. The van der Waals surface area contributed by atoms with E-state index in [4.69, 9.17) is 0 Å². The fourth-order valence-electron chi connectivity index (χ4n) is 3.24. The first-order valence-electron chi connectivity index (χ1n) is 8.37. The van der Waals surface area contributed by atoms with Crippen LogP contribution in [-0.2, 0) is 11.3 Å². The summed E-state index contributed by atoms with van der Waals surface area (Å²) in [7, 11) is 0. The van der Waals surface area contributed by atoms with Gasteiger partial charge in [-0.15, -0.1) is 5.10 Å². The van der Waals surface area contributed by atoms with E-state index >= 15 is 0 Å². The highest BCUT2D eigenvalue weighted by Gasteiger charge is 2.34. The summed E-state index contributed by atoms with van der Waals surface area (Å²) < 4.78 is 3.83. The molecule has 0 spiro atoms. The van der Waals surface area contributed by atoms with Crippen molar-refractivity contribution in [1.82, 2.24) is 29.4 Å². The predicted molar refractivity (Wildman–Crippen MR) is 87.3 cm³/mol. The van der Waals surface area contributed by atoms with Crippen molar-refractivity contribution in [2.24, 2.45) is 0 Å². The van der Waals surface area contributed by atoms with Gasteiger partial charge in [0.25, 0.3) is 0 Å². The van der Waals surface area contributed by atoms with E-state index in [1.165, 1.54) is 12.8 Å². The second-order valence-corrected chi connectivity index (χ2v) is 6.71. The van der Waals surface area contributed by atoms with Gasteiger partial charge in [0.05, 0.1) is 29.1 Å². The number of carbonyl (C=O) groups excluding carboxylic acids is 1. The molecule has 0 unspecified atom stereocenters. The molecular weight excluding hydrogens is 304 g/mol. The monoisotopic (exact) mass is 322 g/mol. The number of benzene rings is 1. The molecule has 7 nitrogen and oxygen atoms in total. The SMILES string of the molecule is O=C(Cn1cnc2ccccc21)N1CC(n2cc(C3CC3)nn2)C1. The summed E-state index contributed by atoms with van der Waals surface area (Å²) in [6, 6.07) is 8.12. The molecule has 2 fully saturated rings. The van der Waals surface area contributed by atoms with Crippen molar-refractivity contribution in [3.05, 3.63) is 42.5 Å². The van der Waals surface area contributed by atoms with E-state index in [2.05, 4.69) is 15.3 Å². The molecule has 0 atom stereocenters. The molecule has 1 aliphatic carbocycles. The van der Waals surface area contributed by atoms with Crippen LogP contribution in [0.4, 0.5) is 0 Å². The minimum Gasteiger partial charge on any atom is -0.337 e. The number of carbonyl (C=O) groups is 1. The topological polar surface area (TPSA) is 68.8 Å². The first-order valence-corrected chi connectivity index (χ1v) is 8.37. The van der Waals surface area contributed by atoms with Gasteiger partial charge >= 0.3 is 0 Å². The van der Waals surface area contributed by atoms with Crippen LogP contribution in [0, 0.1) is 0 Å². The Hall–Kier alpha value is -2.70. The summed E-state index contributed by atoms with van der Waals surface area (Å²) in [5, 5.41) is 8.47. The molecule has 3 aromatic rings. The van der Waals surface area contributed by atoms with Crippen molar-refractivity contribution in [2.45, 2.75) is 31.3 Å². The number of amides is 1. The summed E-state index contributed by atoms with van der Waals surface area (Å²) in [4.78, 5) is 18.7. The number of para-hydroxylation sites is 2. The van der Waals surface area contributed by atoms with Crippen LogP contribution < -0.4 is 0 Å². The summed E-state index contributed by atoms with van der Waals surface area (Å²) in [5.41, 5.74) is 3.01. The molecule has 1 amide bonds. The van der Waals surface area contributed by atoms with E-state index in [-0.39, 0.29) is 11.9 Å². The molecule has 24 heavy (non-hydrogen) atoms. The van der Waals surface area contributed by atoms with Crippen LogP contribution in [0.2, 0.25) is 0 Å². The van der Waals surface area contributed by atoms with Gasteiger partial charge in [-0.3, -0.25) is 4.79 Å². The van der Waals surface area contributed by atoms with Gasteiger partial charge in [-0.25, -0.2) is 9.67 Å². The molecule has 2 aliphatic rings. The van der Waals surface area contributed by atoms with Crippen molar-refractivity contribution in [3.63, 3.8) is 0 Å². The average Bonchev–Trinajstić information content (AvgIpc) is 3.16. The Morgan fingerprint density at radius 3 is 2.88 bits per heavy atom. The van der Waals surface area contributed by atoms with E-state index in [1.54, 1.807) is 6.33 Å². The number of imidazole rings is 1. The van der Waals surface area contributed by atoms with E-state index in [1.807, 2.05) is 44.6 Å². The highest BCUT2D eigenvalue weighted by molar-refractivity contribution is 5.81. The lowest BCUT2D eigenvalue weighted by Gasteiger charge is -2.38. The molecule has 0 radical (unpaired) electrons. The van der Waals surface area contributed by atoms with Crippen molar-refractivity contribution in [3.8, 4) is 0 Å². The molecule has 5 rings (SSSR count). The first-order chi connectivity index (χ1) is 11.8. The number of aromatic nitrogens is 5. The van der Waals surface area contributed by atoms with Crippen molar-refractivity contribution in [2.75, 3.05) is 13.1 Å². The Bertz CT molecular complexity index is 903. The maximum Gasteiger partial charge on any atom is 0.242 e. The molecule has 0 bridgehead atoms. The van der Waals surface area contributed by atoms with Crippen molar-refractivity contribution < 1.29 is 4.79 Å². The Morgan fingerprint density at radius 2 is 2.04 bits per heavy atom. The van der Waals surface area contributed by atoms with Gasteiger partial charge in [-0.1, -0.05) is 17.3 Å². The van der Waals surface area contributed by atoms with Gasteiger partial charge in [0, 0.05) is 25.2 Å². The Balaban J connectivity index is 1.23. The fourth-order valence-corrected chi connectivity index (χ4v) is 3.24. The van der Waals surface area contributed by atoms with Gasteiger partial charge in [0.2, 0.25) is 5.91 Å². The van der Waals surface area contributed by atoms with E-state index in [9.17, 15) is 4.79 Å². The summed E-state index contributed by atoms with van der Waals surface area (Å²) in [6.07, 6.45) is 6.24. The molecule has 1 saturated carbocycles. The van der Waals surface area contributed by atoms with E-state index in [0.717, 1.165) is 16.7 Å². The number of nitrogens with zero attached hydrogens (tertiary/aromatic N) is 6. The number of rotatable bonds is 4. The predicted octanol–water partition coefficient (Wildman–Crippen LogP) is 1.59. The quantitative estimate of drug-likeness (QED) is 0.731. The first kappa shape index (κ1) is 13.7. The Labute approximate surface area is 138 Å². The minimum atomic E-state index is 0.122. The zero-order chi connectivity index (χ0) is 16.1. The second kappa shape index (κ2) is 5.15. The maximum absolute atomic E-state index is 12.5. The standard InChI is InChI=1S/C17H18N6O/c24-17(10-22-11-18-14-3-1-2-4-16(14)22)21-7-13(8-21)23-9-15(19-20-23)12-5-6-12/h1-4,9,11-13H,5-8,10H2. The zero-order valence-electron chi connectivity index (χ0n) is 13.2. The van der Waals surface area contributed by atoms with Crippen LogP contribution in [0.5, 0.6) is 0 Å². The number of fused-ring (bicyclic) bond motifs is 1. The maximum atomic E-state index is 12.5. The average molecular weight is 322 g/mol. The van der Waals surface area contributed by atoms with Gasteiger partial charge in [-0.05, 0) is 25.0 Å². The van der Waals surface area contributed by atoms with E-state index in [0.29, 0.717) is 25.6 Å². The third-order valence-electron chi connectivity index (χ3n) is 4.95. The summed E-state index contributed by atoms with van der Waals surface area (Å²) in [5.74, 6) is 0.739. The molecule has 3 heterocycles. The van der Waals surface area contributed by atoms with Crippen molar-refractivity contribution in [1.29, 1.82) is 0 Å². The van der Waals surface area contributed by atoms with Gasteiger partial charge in [-0.2, -0.15) is 0 Å². The highest BCUT2D eigenvalue weighted by Crippen LogP contribution is 2.39. The number of likely N-dealkylation sites (tertiary alicyclic amines) is 1. The van der Waals surface area contributed by atoms with Crippen LogP contribution in [0.25, 0.3) is 11.0 Å². The lowest BCUT2D eigenvalue weighted by Crippen LogP contribution is -2.51. The molecule has 1 saturated heterocycles. The van der Waals surface area contributed by atoms with Gasteiger partial charge < -0.3 is 9.47 Å². The molecule has 1 aliphatic heterocycles. The minimum absolute atomic E-state index is 0.122. The summed E-state index contributed by atoms with van der Waals surface area (Å²) >= 11 is 0. The fraction of sp³-hybridized carbons (Fsp3) is 0.412. The molecular formula is C17H18N6O. The molecule has 2 aromatic heterocycles. The van der Waals surface area contributed by atoms with Crippen LogP contribution in [0.1, 0.15) is 30.5 Å². The highest BCUT2D eigenvalue weighted by atomic mass is 16.2. The Morgan fingerprint density at radius 1 is 1.21 bits per heavy atom. The van der Waals surface area contributed by atoms with Crippen LogP contribution in [-0.4, -0.2) is 48.4 Å². The van der Waals surface area contributed by atoms with Crippen molar-refractivity contribution >= 4 is 16.9 Å². The lowest BCUT2D eigenvalue weighted by atomic mass is 10.1.